The Kier molecular flexibility index (Phi) is 11.2. The number of para-hydroxylation sites is 1. The van der Waals surface area contributed by atoms with Crippen molar-refractivity contribution in [2.24, 2.45) is 0 Å². The lowest BCUT2D eigenvalue weighted by Gasteiger charge is -2.22. The van der Waals surface area contributed by atoms with E-state index in [1.165, 1.54) is 0 Å². The normalized spacial score (nSPS) is 12.2. The van der Waals surface area contributed by atoms with E-state index in [0.717, 1.165) is 11.1 Å². The van der Waals surface area contributed by atoms with Crippen LogP contribution in [0.25, 0.3) is 11.1 Å². The number of alkyl carbamates (subject to hydrolysis) is 1. The summed E-state index contributed by atoms with van der Waals surface area (Å²) in [5, 5.41) is 2.72. The number of esters is 1. The number of halogens is 1. The molecule has 1 heterocycles. The minimum atomic E-state index is -0.685. The zero-order valence-corrected chi connectivity index (χ0v) is 28.1. The number of ether oxygens (including phenoxy) is 4. The summed E-state index contributed by atoms with van der Waals surface area (Å²) in [6, 6.07) is 20.9. The predicted octanol–water partition coefficient (Wildman–Crippen LogP) is 8.52. The number of nitrogens with one attached hydrogen (secondary N) is 1. The van der Waals surface area contributed by atoms with E-state index in [1.807, 2.05) is 63.2 Å². The number of amides is 1. The maximum absolute atomic E-state index is 16.1. The van der Waals surface area contributed by atoms with Gasteiger partial charge >= 0.3 is 12.1 Å². The fraction of sp³-hybridized carbons (Fsp3) is 0.342. The van der Waals surface area contributed by atoms with Crippen molar-refractivity contribution in [3.63, 3.8) is 0 Å². The van der Waals surface area contributed by atoms with Gasteiger partial charge in [0, 0.05) is 34.6 Å². The number of benzene rings is 3. The molecule has 0 bridgehead atoms. The molecule has 8 nitrogen and oxygen atoms in total. The molecule has 0 radical (unpaired) electrons. The lowest BCUT2D eigenvalue weighted by atomic mass is 9.97. The largest absolute Gasteiger partial charge is 0.489 e. The molecule has 1 unspecified atom stereocenters. The summed E-state index contributed by atoms with van der Waals surface area (Å²) in [5.41, 5.74) is 2.21. The molecule has 9 heteroatoms. The van der Waals surface area contributed by atoms with Crippen molar-refractivity contribution in [3.8, 4) is 22.6 Å². The van der Waals surface area contributed by atoms with Crippen molar-refractivity contribution in [3.05, 3.63) is 113 Å². The first-order valence-electron chi connectivity index (χ1n) is 15.5. The van der Waals surface area contributed by atoms with Gasteiger partial charge in [0.2, 0.25) is 0 Å². The molecule has 3 aromatic carbocycles. The van der Waals surface area contributed by atoms with Crippen LogP contribution in [0.1, 0.15) is 76.8 Å². The average Bonchev–Trinajstić information content (AvgIpc) is 2.98. The van der Waals surface area contributed by atoms with Crippen LogP contribution in [0.5, 0.6) is 11.5 Å². The van der Waals surface area contributed by atoms with E-state index in [0.29, 0.717) is 33.8 Å². The third kappa shape index (κ3) is 10.8. The zero-order chi connectivity index (χ0) is 34.2. The highest BCUT2D eigenvalue weighted by molar-refractivity contribution is 5.74. The number of hydrogen-bond donors (Lipinski definition) is 1. The monoisotopic (exact) mass is 642 g/mol. The van der Waals surface area contributed by atoms with Gasteiger partial charge in [0.25, 0.3) is 0 Å². The van der Waals surface area contributed by atoms with Crippen LogP contribution in [0.4, 0.5) is 9.18 Å². The third-order valence-corrected chi connectivity index (χ3v) is 6.76. The maximum atomic E-state index is 16.1. The number of pyridine rings is 1. The SMILES string of the molecule is CC(NC(=O)OC(C)(C)C)c1cccc(-c2cc(COc3ccccc3CC(=O)OC(C)(C)C)cc(OCc3cccnc3)c2)c1F. The van der Waals surface area contributed by atoms with Gasteiger partial charge in [-0.15, -0.1) is 0 Å². The van der Waals surface area contributed by atoms with Gasteiger partial charge in [0.05, 0.1) is 12.5 Å². The molecule has 0 aliphatic heterocycles. The van der Waals surface area contributed by atoms with Gasteiger partial charge in [0.1, 0.15) is 41.7 Å². The van der Waals surface area contributed by atoms with E-state index in [2.05, 4.69) is 10.3 Å². The van der Waals surface area contributed by atoms with Gasteiger partial charge in [-0.2, -0.15) is 0 Å². The summed E-state index contributed by atoms with van der Waals surface area (Å²) < 4.78 is 39.3. The first-order chi connectivity index (χ1) is 22.2. The van der Waals surface area contributed by atoms with E-state index in [4.69, 9.17) is 18.9 Å². The van der Waals surface area contributed by atoms with E-state index in [-0.39, 0.29) is 25.6 Å². The second-order valence-electron chi connectivity index (χ2n) is 13.3. The topological polar surface area (TPSA) is 96.0 Å². The number of carbonyl (C=O) groups excluding carboxylic acids is 2. The van der Waals surface area contributed by atoms with Crippen molar-refractivity contribution >= 4 is 12.1 Å². The smallest absolute Gasteiger partial charge is 0.408 e. The Balaban J connectivity index is 1.62. The van der Waals surface area contributed by atoms with Crippen LogP contribution in [0.3, 0.4) is 0 Å². The van der Waals surface area contributed by atoms with Crippen molar-refractivity contribution in [1.29, 1.82) is 0 Å². The van der Waals surface area contributed by atoms with Gasteiger partial charge in [0.15, 0.2) is 0 Å². The Morgan fingerprint density at radius 1 is 0.830 bits per heavy atom. The van der Waals surface area contributed by atoms with Gasteiger partial charge in [-0.25, -0.2) is 9.18 Å². The van der Waals surface area contributed by atoms with Crippen LogP contribution in [-0.4, -0.2) is 28.2 Å². The van der Waals surface area contributed by atoms with Crippen LogP contribution in [0, 0.1) is 5.82 Å². The Morgan fingerprint density at radius 3 is 2.26 bits per heavy atom. The summed E-state index contributed by atoms with van der Waals surface area (Å²) in [6.45, 7) is 12.9. The molecule has 4 aromatic rings. The lowest BCUT2D eigenvalue weighted by molar-refractivity contribution is -0.153. The van der Waals surface area contributed by atoms with Gasteiger partial charge in [-0.3, -0.25) is 9.78 Å². The molecule has 0 saturated carbocycles. The van der Waals surface area contributed by atoms with Gasteiger partial charge in [-0.1, -0.05) is 42.5 Å². The quantitative estimate of drug-likeness (QED) is 0.164. The number of hydrogen-bond acceptors (Lipinski definition) is 7. The highest BCUT2D eigenvalue weighted by Gasteiger charge is 2.22. The molecule has 0 aliphatic rings. The van der Waals surface area contributed by atoms with E-state index in [1.54, 1.807) is 70.4 Å². The van der Waals surface area contributed by atoms with Crippen LogP contribution in [0.2, 0.25) is 0 Å². The lowest BCUT2D eigenvalue weighted by Crippen LogP contribution is -2.34. The molecule has 0 spiro atoms. The number of nitrogens with zero attached hydrogens (tertiary/aromatic N) is 1. The van der Waals surface area contributed by atoms with Crippen molar-refractivity contribution in [1.82, 2.24) is 10.3 Å². The summed E-state index contributed by atoms with van der Waals surface area (Å²) in [5.74, 6) is 0.218. The Morgan fingerprint density at radius 2 is 1.55 bits per heavy atom. The summed E-state index contributed by atoms with van der Waals surface area (Å²) >= 11 is 0. The Labute approximate surface area is 276 Å². The summed E-state index contributed by atoms with van der Waals surface area (Å²) in [6.07, 6.45) is 2.83. The average molecular weight is 643 g/mol. The second-order valence-corrected chi connectivity index (χ2v) is 13.3. The maximum Gasteiger partial charge on any atom is 0.408 e. The fourth-order valence-electron chi connectivity index (χ4n) is 4.79. The molecule has 1 atom stereocenters. The number of rotatable bonds is 11. The Hall–Kier alpha value is -4.92. The molecule has 248 valence electrons. The molecular weight excluding hydrogens is 599 g/mol. The van der Waals surface area contributed by atoms with Gasteiger partial charge < -0.3 is 24.3 Å². The number of aromatic nitrogens is 1. The highest BCUT2D eigenvalue weighted by Crippen LogP contribution is 2.33. The minimum absolute atomic E-state index is 0.0560. The van der Waals surface area contributed by atoms with Crippen LogP contribution >= 0.6 is 0 Å². The molecule has 1 amide bonds. The molecule has 0 saturated heterocycles. The summed E-state index contributed by atoms with van der Waals surface area (Å²) in [7, 11) is 0. The van der Waals surface area contributed by atoms with E-state index >= 15 is 4.39 Å². The molecule has 0 fully saturated rings. The van der Waals surface area contributed by atoms with Crippen molar-refractivity contribution in [2.75, 3.05) is 0 Å². The summed E-state index contributed by atoms with van der Waals surface area (Å²) in [4.78, 5) is 29.1. The fourth-order valence-corrected chi connectivity index (χ4v) is 4.79. The molecular formula is C38H43FN2O6. The zero-order valence-electron chi connectivity index (χ0n) is 28.1. The third-order valence-electron chi connectivity index (χ3n) is 6.76. The minimum Gasteiger partial charge on any atom is -0.489 e. The van der Waals surface area contributed by atoms with Crippen molar-refractivity contribution in [2.45, 2.75) is 85.3 Å². The van der Waals surface area contributed by atoms with Gasteiger partial charge in [-0.05, 0) is 89.9 Å². The predicted molar refractivity (Wildman–Crippen MR) is 179 cm³/mol. The molecule has 0 aliphatic carbocycles. The standard InChI is InChI=1S/C38H43FN2O6/c1-25(41-36(43)47-38(5,6)7)31-14-10-15-32(35(31)39)29-18-27(19-30(20-29)44-23-26-12-11-17-40-22-26)24-45-33-16-9-8-13-28(33)21-34(42)46-37(2,3)4/h8-20,22,25H,21,23-24H2,1-7H3,(H,41,43). The molecule has 1 aromatic heterocycles. The first kappa shape index (κ1) is 34.9. The van der Waals surface area contributed by atoms with Crippen LogP contribution < -0.4 is 14.8 Å². The first-order valence-corrected chi connectivity index (χ1v) is 15.5. The van der Waals surface area contributed by atoms with Crippen LogP contribution in [0.15, 0.2) is 85.2 Å². The Bertz CT molecular complexity index is 1680. The van der Waals surface area contributed by atoms with E-state index in [9.17, 15) is 9.59 Å². The van der Waals surface area contributed by atoms with E-state index < -0.39 is 29.2 Å². The second kappa shape index (κ2) is 15.1. The molecule has 47 heavy (non-hydrogen) atoms. The molecule has 1 N–H and O–H groups in total. The molecule has 4 rings (SSSR count). The van der Waals surface area contributed by atoms with Crippen LogP contribution in [-0.2, 0) is 33.9 Å². The van der Waals surface area contributed by atoms with Crippen molar-refractivity contribution < 1.29 is 32.9 Å². The highest BCUT2D eigenvalue weighted by atomic mass is 19.1. The number of carbonyl (C=O) groups is 2.